The fourth-order valence-corrected chi connectivity index (χ4v) is 1.13. The van der Waals surface area contributed by atoms with E-state index in [0.717, 1.165) is 11.3 Å². The van der Waals surface area contributed by atoms with Crippen molar-refractivity contribution >= 4 is 5.97 Å². The van der Waals surface area contributed by atoms with E-state index in [-0.39, 0.29) is 6.42 Å². The summed E-state index contributed by atoms with van der Waals surface area (Å²) in [6, 6.07) is 0. The van der Waals surface area contributed by atoms with Crippen LogP contribution in [0.4, 0.5) is 0 Å². The van der Waals surface area contributed by atoms with Gasteiger partial charge in [0.1, 0.15) is 0 Å². The van der Waals surface area contributed by atoms with Crippen molar-refractivity contribution in [1.82, 2.24) is 5.32 Å². The monoisotopic (exact) mass is 179 g/mol. The minimum atomic E-state index is -0.758. The second-order valence-corrected chi connectivity index (χ2v) is 2.91. The molecule has 0 radical (unpaired) electrons. The van der Waals surface area contributed by atoms with Crippen molar-refractivity contribution in [2.24, 2.45) is 0 Å². The predicted molar refractivity (Wildman–Crippen MR) is 51.0 cm³/mol. The van der Waals surface area contributed by atoms with E-state index in [0.29, 0.717) is 6.42 Å². The van der Waals surface area contributed by atoms with Gasteiger partial charge in [-0.15, -0.1) is 0 Å². The van der Waals surface area contributed by atoms with Crippen molar-refractivity contribution in [3.63, 3.8) is 0 Å². The lowest BCUT2D eigenvalue weighted by molar-refractivity contribution is -0.136. The van der Waals surface area contributed by atoms with Gasteiger partial charge in [-0.2, -0.15) is 0 Å². The summed E-state index contributed by atoms with van der Waals surface area (Å²) in [7, 11) is 0. The molecule has 2 N–H and O–H groups in total. The number of aliphatic carboxylic acids is 1. The first-order valence-electron chi connectivity index (χ1n) is 4.21. The molecule has 0 aliphatic carbocycles. The number of hydrogen-bond acceptors (Lipinski definition) is 2. The molecule has 0 amide bonds. The number of carboxylic acids is 1. The van der Waals surface area contributed by atoms with E-state index in [1.165, 1.54) is 0 Å². The number of hydrogen-bond donors (Lipinski definition) is 2. The highest BCUT2D eigenvalue weighted by molar-refractivity contribution is 5.67. The molecule has 70 valence electrons. The molecule has 0 saturated heterocycles. The Hall–Kier alpha value is -1.51. The van der Waals surface area contributed by atoms with E-state index < -0.39 is 5.97 Å². The zero-order chi connectivity index (χ0) is 9.68. The maximum absolute atomic E-state index is 10.4. The van der Waals surface area contributed by atoms with Gasteiger partial charge in [0.15, 0.2) is 0 Å². The second kappa shape index (κ2) is 4.50. The van der Waals surface area contributed by atoms with Crippen molar-refractivity contribution in [2.75, 3.05) is 0 Å². The molecule has 0 aromatic rings. The van der Waals surface area contributed by atoms with Crippen molar-refractivity contribution < 1.29 is 9.90 Å². The minimum absolute atomic E-state index is 0.179. The fraction of sp³-hybridized carbons (Fsp3) is 0.300. The molecule has 1 aliphatic heterocycles. The average Bonchev–Trinajstić information content (AvgIpc) is 2.27. The van der Waals surface area contributed by atoms with Gasteiger partial charge in [0.2, 0.25) is 0 Å². The smallest absolute Gasteiger partial charge is 0.303 e. The molecule has 0 fully saturated rings. The zero-order valence-corrected chi connectivity index (χ0v) is 7.58. The normalized spacial score (nSPS) is 15.5. The molecule has 0 aromatic carbocycles. The molecule has 3 nitrogen and oxygen atoms in total. The molecule has 3 heteroatoms. The van der Waals surface area contributed by atoms with E-state index in [9.17, 15) is 4.79 Å². The van der Waals surface area contributed by atoms with Crippen LogP contribution in [0.25, 0.3) is 0 Å². The molecule has 0 aromatic heterocycles. The van der Waals surface area contributed by atoms with Gasteiger partial charge in [-0.3, -0.25) is 4.79 Å². The third-order valence-electron chi connectivity index (χ3n) is 1.89. The van der Waals surface area contributed by atoms with Gasteiger partial charge in [0, 0.05) is 18.3 Å². The summed E-state index contributed by atoms with van der Waals surface area (Å²) in [5.41, 5.74) is 2.07. The van der Waals surface area contributed by atoms with Gasteiger partial charge >= 0.3 is 5.97 Å². The second-order valence-electron chi connectivity index (χ2n) is 2.91. The van der Waals surface area contributed by atoms with Crippen LogP contribution in [0, 0.1) is 0 Å². The van der Waals surface area contributed by atoms with Crippen LogP contribution in [0.1, 0.15) is 19.8 Å². The largest absolute Gasteiger partial charge is 0.481 e. The Bertz CT molecular complexity index is 287. The fourth-order valence-electron chi connectivity index (χ4n) is 1.13. The number of carboxylic acid groups (broad SMARTS) is 1. The molecule has 0 atom stereocenters. The molecule has 0 saturated carbocycles. The van der Waals surface area contributed by atoms with Crippen LogP contribution in [0.3, 0.4) is 0 Å². The van der Waals surface area contributed by atoms with Gasteiger partial charge in [-0.25, -0.2) is 0 Å². The molecule has 1 aliphatic rings. The molecule has 1 rings (SSSR count). The Morgan fingerprint density at radius 1 is 1.54 bits per heavy atom. The SMILES string of the molecule is CC1=C(CCC(=O)O)C=CC=CN1. The van der Waals surface area contributed by atoms with Crippen LogP contribution < -0.4 is 5.32 Å². The minimum Gasteiger partial charge on any atom is -0.481 e. The highest BCUT2D eigenvalue weighted by Crippen LogP contribution is 2.12. The van der Waals surface area contributed by atoms with Gasteiger partial charge in [0.25, 0.3) is 0 Å². The lowest BCUT2D eigenvalue weighted by Gasteiger charge is -2.05. The number of carbonyl (C=O) groups is 1. The first-order valence-corrected chi connectivity index (χ1v) is 4.21. The van der Waals surface area contributed by atoms with Crippen molar-refractivity contribution in [2.45, 2.75) is 19.8 Å². The summed E-state index contributed by atoms with van der Waals surface area (Å²) < 4.78 is 0. The Kier molecular flexibility index (Phi) is 3.31. The first-order chi connectivity index (χ1) is 6.20. The van der Waals surface area contributed by atoms with E-state index in [1.54, 1.807) is 0 Å². The number of rotatable bonds is 3. The maximum atomic E-state index is 10.4. The summed E-state index contributed by atoms with van der Waals surface area (Å²) in [6.45, 7) is 1.94. The van der Waals surface area contributed by atoms with Crippen LogP contribution >= 0.6 is 0 Å². The molecule has 0 bridgehead atoms. The molecule has 1 heterocycles. The highest BCUT2D eigenvalue weighted by atomic mass is 16.4. The molecule has 13 heavy (non-hydrogen) atoms. The predicted octanol–water partition coefficient (Wildman–Crippen LogP) is 1.80. The Morgan fingerprint density at radius 2 is 2.31 bits per heavy atom. The Morgan fingerprint density at radius 3 is 3.00 bits per heavy atom. The Labute approximate surface area is 77.5 Å². The highest BCUT2D eigenvalue weighted by Gasteiger charge is 2.03. The van der Waals surface area contributed by atoms with E-state index >= 15 is 0 Å². The lowest BCUT2D eigenvalue weighted by atomic mass is 10.1. The summed E-state index contributed by atoms with van der Waals surface area (Å²) >= 11 is 0. The standard InChI is InChI=1S/C10H13NO2/c1-8-9(5-6-10(12)13)4-2-3-7-11-8/h2-4,7,11H,5-6H2,1H3,(H,12,13). The Balaban J connectivity index is 2.61. The first kappa shape index (κ1) is 9.58. The van der Waals surface area contributed by atoms with Crippen LogP contribution in [0.2, 0.25) is 0 Å². The summed E-state index contributed by atoms with van der Waals surface area (Å²) in [6.07, 6.45) is 8.32. The number of nitrogens with one attached hydrogen (secondary N) is 1. The van der Waals surface area contributed by atoms with Gasteiger partial charge in [-0.1, -0.05) is 12.2 Å². The van der Waals surface area contributed by atoms with Crippen LogP contribution in [-0.2, 0) is 4.79 Å². The van der Waals surface area contributed by atoms with Gasteiger partial charge in [-0.05, 0) is 25.0 Å². The van der Waals surface area contributed by atoms with Crippen LogP contribution in [-0.4, -0.2) is 11.1 Å². The molecular formula is C10H13NO2. The molecule has 0 spiro atoms. The van der Waals surface area contributed by atoms with Gasteiger partial charge in [0.05, 0.1) is 0 Å². The molecular weight excluding hydrogens is 166 g/mol. The van der Waals surface area contributed by atoms with Crippen LogP contribution in [0.5, 0.6) is 0 Å². The summed E-state index contributed by atoms with van der Waals surface area (Å²) in [5.74, 6) is -0.758. The van der Waals surface area contributed by atoms with E-state index in [1.807, 2.05) is 31.4 Å². The number of allylic oxidation sites excluding steroid dienone is 5. The lowest BCUT2D eigenvalue weighted by Crippen LogP contribution is -2.04. The van der Waals surface area contributed by atoms with E-state index in [4.69, 9.17) is 5.11 Å². The van der Waals surface area contributed by atoms with E-state index in [2.05, 4.69) is 5.32 Å². The summed E-state index contributed by atoms with van der Waals surface area (Å²) in [4.78, 5) is 10.4. The van der Waals surface area contributed by atoms with Gasteiger partial charge < -0.3 is 10.4 Å². The average molecular weight is 179 g/mol. The molecule has 0 unspecified atom stereocenters. The third-order valence-corrected chi connectivity index (χ3v) is 1.89. The van der Waals surface area contributed by atoms with Crippen LogP contribution in [0.15, 0.2) is 35.7 Å². The van der Waals surface area contributed by atoms with Crippen molar-refractivity contribution in [1.29, 1.82) is 0 Å². The van der Waals surface area contributed by atoms with Crippen molar-refractivity contribution in [3.8, 4) is 0 Å². The third kappa shape index (κ3) is 3.15. The quantitative estimate of drug-likeness (QED) is 0.694. The maximum Gasteiger partial charge on any atom is 0.303 e. The zero-order valence-electron chi connectivity index (χ0n) is 7.58. The van der Waals surface area contributed by atoms with Crippen molar-refractivity contribution in [3.05, 3.63) is 35.7 Å². The topological polar surface area (TPSA) is 49.3 Å². The summed E-state index contributed by atoms with van der Waals surface area (Å²) in [5, 5.41) is 11.6.